The predicted molar refractivity (Wildman–Crippen MR) is 60.5 cm³/mol. The summed E-state index contributed by atoms with van der Waals surface area (Å²) < 4.78 is 18.3. The summed E-state index contributed by atoms with van der Waals surface area (Å²) in [5.41, 5.74) is 5.71. The van der Waals surface area contributed by atoms with Crippen LogP contribution in [0.2, 0.25) is 0 Å². The molecule has 16 heavy (non-hydrogen) atoms. The van der Waals surface area contributed by atoms with Crippen molar-refractivity contribution < 1.29 is 13.9 Å². The first kappa shape index (κ1) is 12.5. The average Bonchev–Trinajstić information content (AvgIpc) is 2.28. The van der Waals surface area contributed by atoms with Crippen LogP contribution < -0.4 is 5.73 Å². The van der Waals surface area contributed by atoms with Crippen molar-refractivity contribution in [2.24, 2.45) is 5.92 Å². The van der Waals surface area contributed by atoms with Gasteiger partial charge in [0.1, 0.15) is 5.82 Å². The fourth-order valence-electron chi connectivity index (χ4n) is 1.11. The van der Waals surface area contributed by atoms with E-state index in [0.717, 1.165) is 12.5 Å². The molecule has 88 valence electrons. The fourth-order valence-corrected chi connectivity index (χ4v) is 1.11. The van der Waals surface area contributed by atoms with Crippen LogP contribution in [-0.4, -0.2) is 12.6 Å². The smallest absolute Gasteiger partial charge is 0.341 e. The molecule has 3 nitrogen and oxygen atoms in total. The first-order valence-electron chi connectivity index (χ1n) is 5.26. The van der Waals surface area contributed by atoms with E-state index in [0.29, 0.717) is 12.3 Å². The zero-order valence-electron chi connectivity index (χ0n) is 9.50. The van der Waals surface area contributed by atoms with Crippen molar-refractivity contribution in [1.29, 1.82) is 0 Å². The topological polar surface area (TPSA) is 52.3 Å². The van der Waals surface area contributed by atoms with Crippen molar-refractivity contribution in [3.8, 4) is 0 Å². The summed E-state index contributed by atoms with van der Waals surface area (Å²) in [4.78, 5) is 11.5. The number of ether oxygens (including phenoxy) is 1. The van der Waals surface area contributed by atoms with Gasteiger partial charge in [0.25, 0.3) is 0 Å². The highest BCUT2D eigenvalue weighted by Gasteiger charge is 2.14. The zero-order chi connectivity index (χ0) is 12.1. The van der Waals surface area contributed by atoms with Crippen molar-refractivity contribution in [3.05, 3.63) is 29.6 Å². The van der Waals surface area contributed by atoms with Gasteiger partial charge in [-0.25, -0.2) is 9.18 Å². The van der Waals surface area contributed by atoms with E-state index in [1.807, 2.05) is 13.8 Å². The van der Waals surface area contributed by atoms with Crippen molar-refractivity contribution >= 4 is 11.7 Å². The molecule has 0 amide bonds. The fraction of sp³-hybridized carbons (Fsp3) is 0.417. The summed E-state index contributed by atoms with van der Waals surface area (Å²) >= 11 is 0. The second kappa shape index (κ2) is 5.49. The van der Waals surface area contributed by atoms with Crippen LogP contribution in [0.5, 0.6) is 0 Å². The van der Waals surface area contributed by atoms with E-state index in [9.17, 15) is 9.18 Å². The highest BCUT2D eigenvalue weighted by Crippen LogP contribution is 2.14. The number of nitrogen functional groups attached to an aromatic ring is 1. The molecule has 0 saturated heterocycles. The Kier molecular flexibility index (Phi) is 4.28. The van der Waals surface area contributed by atoms with Crippen molar-refractivity contribution in [2.75, 3.05) is 12.3 Å². The maximum absolute atomic E-state index is 13.3. The summed E-state index contributed by atoms with van der Waals surface area (Å²) in [5, 5.41) is 0. The molecule has 2 N–H and O–H groups in total. The molecule has 0 bridgehead atoms. The minimum atomic E-state index is -0.662. The van der Waals surface area contributed by atoms with Gasteiger partial charge in [-0.3, -0.25) is 0 Å². The molecule has 1 aromatic rings. The summed E-state index contributed by atoms with van der Waals surface area (Å²) in [5.74, 6) is -0.999. The molecule has 0 aliphatic carbocycles. The van der Waals surface area contributed by atoms with Crippen LogP contribution in [-0.2, 0) is 4.74 Å². The number of carbonyl (C=O) groups excluding carboxylic acids is 1. The number of carbonyl (C=O) groups is 1. The molecule has 1 atom stereocenters. The van der Waals surface area contributed by atoms with Gasteiger partial charge in [-0.1, -0.05) is 20.3 Å². The van der Waals surface area contributed by atoms with E-state index in [4.69, 9.17) is 10.5 Å². The molecule has 0 aliphatic rings. The lowest BCUT2D eigenvalue weighted by Gasteiger charge is -2.10. The van der Waals surface area contributed by atoms with Gasteiger partial charge in [0.2, 0.25) is 0 Å². The molecule has 0 heterocycles. The Hall–Kier alpha value is -1.58. The van der Waals surface area contributed by atoms with Gasteiger partial charge in [-0.2, -0.15) is 0 Å². The van der Waals surface area contributed by atoms with Gasteiger partial charge in [-0.15, -0.1) is 0 Å². The minimum absolute atomic E-state index is 0.108. The number of anilines is 1. The molecule has 0 aromatic heterocycles. The molecular weight excluding hydrogens is 209 g/mol. The Morgan fingerprint density at radius 2 is 2.25 bits per heavy atom. The minimum Gasteiger partial charge on any atom is -0.462 e. The molecule has 1 rings (SSSR count). The standard InChI is InChI=1S/C12H16FNO2/c1-3-8(2)7-16-12(15)10-6-9(14)4-5-11(10)13/h4-6,8H,3,7,14H2,1-2H3. The lowest BCUT2D eigenvalue weighted by molar-refractivity contribution is 0.0442. The molecule has 0 aliphatic heterocycles. The number of nitrogens with two attached hydrogens (primary N) is 1. The van der Waals surface area contributed by atoms with Crippen LogP contribution in [0.15, 0.2) is 18.2 Å². The largest absolute Gasteiger partial charge is 0.462 e. The second-order valence-electron chi connectivity index (χ2n) is 3.85. The van der Waals surface area contributed by atoms with Crippen LogP contribution in [0.1, 0.15) is 30.6 Å². The number of halogens is 1. The Morgan fingerprint density at radius 1 is 1.56 bits per heavy atom. The Bertz CT molecular complexity index is 379. The van der Waals surface area contributed by atoms with E-state index in [1.54, 1.807) is 0 Å². The summed E-state index contributed by atoms with van der Waals surface area (Å²) in [6.07, 6.45) is 0.909. The van der Waals surface area contributed by atoms with Crippen LogP contribution in [0.3, 0.4) is 0 Å². The van der Waals surface area contributed by atoms with Gasteiger partial charge in [-0.05, 0) is 24.1 Å². The van der Waals surface area contributed by atoms with E-state index < -0.39 is 11.8 Å². The molecule has 0 saturated carbocycles. The van der Waals surface area contributed by atoms with Gasteiger partial charge < -0.3 is 10.5 Å². The van der Waals surface area contributed by atoms with Crippen LogP contribution in [0, 0.1) is 11.7 Å². The molecular formula is C12H16FNO2. The van der Waals surface area contributed by atoms with Gasteiger partial charge in [0.05, 0.1) is 12.2 Å². The van der Waals surface area contributed by atoms with Crippen molar-refractivity contribution in [1.82, 2.24) is 0 Å². The zero-order valence-corrected chi connectivity index (χ0v) is 9.50. The summed E-state index contributed by atoms with van der Waals surface area (Å²) in [7, 11) is 0. The lowest BCUT2D eigenvalue weighted by Crippen LogP contribution is -2.13. The lowest BCUT2D eigenvalue weighted by atomic mass is 10.1. The maximum atomic E-state index is 13.3. The van der Waals surface area contributed by atoms with E-state index >= 15 is 0 Å². The third-order valence-corrected chi connectivity index (χ3v) is 2.41. The molecule has 4 heteroatoms. The Balaban J connectivity index is 2.69. The number of hydrogen-bond donors (Lipinski definition) is 1. The predicted octanol–water partition coefficient (Wildman–Crippen LogP) is 2.61. The summed E-state index contributed by atoms with van der Waals surface area (Å²) in [6.45, 7) is 4.26. The van der Waals surface area contributed by atoms with Crippen LogP contribution in [0.25, 0.3) is 0 Å². The first-order chi connectivity index (χ1) is 7.54. The monoisotopic (exact) mass is 225 g/mol. The van der Waals surface area contributed by atoms with Gasteiger partial charge in [0, 0.05) is 5.69 Å². The number of hydrogen-bond acceptors (Lipinski definition) is 3. The third kappa shape index (κ3) is 3.22. The highest BCUT2D eigenvalue weighted by atomic mass is 19.1. The average molecular weight is 225 g/mol. The van der Waals surface area contributed by atoms with E-state index in [-0.39, 0.29) is 11.5 Å². The van der Waals surface area contributed by atoms with E-state index in [2.05, 4.69) is 0 Å². The highest BCUT2D eigenvalue weighted by molar-refractivity contribution is 5.90. The molecule has 0 fully saturated rings. The Morgan fingerprint density at radius 3 is 2.88 bits per heavy atom. The van der Waals surface area contributed by atoms with Crippen LogP contribution >= 0.6 is 0 Å². The summed E-state index contributed by atoms with van der Waals surface area (Å²) in [6, 6.07) is 3.85. The molecule has 0 radical (unpaired) electrons. The van der Waals surface area contributed by atoms with Gasteiger partial charge >= 0.3 is 5.97 Å². The number of rotatable bonds is 4. The molecule has 1 unspecified atom stereocenters. The second-order valence-corrected chi connectivity index (χ2v) is 3.85. The number of esters is 1. The van der Waals surface area contributed by atoms with Gasteiger partial charge in [0.15, 0.2) is 0 Å². The quantitative estimate of drug-likeness (QED) is 0.633. The maximum Gasteiger partial charge on any atom is 0.341 e. The first-order valence-corrected chi connectivity index (χ1v) is 5.26. The normalized spacial score (nSPS) is 12.2. The van der Waals surface area contributed by atoms with Crippen LogP contribution in [0.4, 0.5) is 10.1 Å². The molecule has 1 aromatic carbocycles. The van der Waals surface area contributed by atoms with Crippen molar-refractivity contribution in [3.63, 3.8) is 0 Å². The third-order valence-electron chi connectivity index (χ3n) is 2.41. The van der Waals surface area contributed by atoms with E-state index in [1.165, 1.54) is 12.1 Å². The Labute approximate surface area is 94.4 Å². The van der Waals surface area contributed by atoms with Crippen molar-refractivity contribution in [2.45, 2.75) is 20.3 Å². The number of benzene rings is 1. The molecule has 0 spiro atoms. The SMILES string of the molecule is CCC(C)COC(=O)c1cc(N)ccc1F.